The highest BCUT2D eigenvalue weighted by atomic mass is 16.5. The molecule has 106 valence electrons. The van der Waals surface area contributed by atoms with Gasteiger partial charge in [0, 0.05) is 6.54 Å². The molecule has 0 radical (unpaired) electrons. The van der Waals surface area contributed by atoms with Crippen molar-refractivity contribution in [1.82, 2.24) is 0 Å². The van der Waals surface area contributed by atoms with E-state index in [-0.39, 0.29) is 0 Å². The molecular weight excluding hydrogens is 250 g/mol. The third-order valence-electron chi connectivity index (χ3n) is 3.36. The standard InChI is InChI=1S/C17H21NO2/c1-11-5-12(2)7-13(6-11)15-9-17(20-4)16(19-3)8-14(15)10-18/h5-9H,10,18H2,1-4H3. The Morgan fingerprint density at radius 3 is 1.90 bits per heavy atom. The van der Waals surface area contributed by atoms with Crippen molar-refractivity contribution in [3.8, 4) is 22.6 Å². The van der Waals surface area contributed by atoms with Crippen molar-refractivity contribution in [3.05, 3.63) is 47.0 Å². The number of hydrogen-bond donors (Lipinski definition) is 1. The van der Waals surface area contributed by atoms with Gasteiger partial charge >= 0.3 is 0 Å². The number of ether oxygens (including phenoxy) is 2. The molecule has 0 aliphatic carbocycles. The molecule has 0 saturated heterocycles. The van der Waals surface area contributed by atoms with E-state index in [4.69, 9.17) is 15.2 Å². The predicted molar refractivity (Wildman–Crippen MR) is 82.3 cm³/mol. The van der Waals surface area contributed by atoms with Crippen LogP contribution >= 0.6 is 0 Å². The van der Waals surface area contributed by atoms with Crippen LogP contribution in [0.1, 0.15) is 16.7 Å². The summed E-state index contributed by atoms with van der Waals surface area (Å²) in [5, 5.41) is 0. The highest BCUT2D eigenvalue weighted by molar-refractivity contribution is 5.72. The molecule has 2 N–H and O–H groups in total. The van der Waals surface area contributed by atoms with Gasteiger partial charge in [-0.15, -0.1) is 0 Å². The van der Waals surface area contributed by atoms with Gasteiger partial charge in [-0.3, -0.25) is 0 Å². The molecule has 0 aromatic heterocycles. The zero-order valence-corrected chi connectivity index (χ0v) is 12.5. The minimum Gasteiger partial charge on any atom is -0.493 e. The molecule has 0 unspecified atom stereocenters. The van der Waals surface area contributed by atoms with E-state index in [9.17, 15) is 0 Å². The molecule has 0 saturated carbocycles. The molecule has 3 nitrogen and oxygen atoms in total. The Kier molecular flexibility index (Phi) is 4.30. The second-order valence-electron chi connectivity index (χ2n) is 4.94. The normalized spacial score (nSPS) is 10.4. The van der Waals surface area contributed by atoms with Gasteiger partial charge in [0.25, 0.3) is 0 Å². The predicted octanol–water partition coefficient (Wildman–Crippen LogP) is 3.45. The fraction of sp³-hybridized carbons (Fsp3) is 0.294. The first kappa shape index (κ1) is 14.4. The smallest absolute Gasteiger partial charge is 0.161 e. The summed E-state index contributed by atoms with van der Waals surface area (Å²) in [6, 6.07) is 10.4. The number of methoxy groups -OCH3 is 2. The number of benzene rings is 2. The summed E-state index contributed by atoms with van der Waals surface area (Å²) in [5.41, 5.74) is 11.7. The number of nitrogens with two attached hydrogens (primary N) is 1. The summed E-state index contributed by atoms with van der Waals surface area (Å²) < 4.78 is 10.7. The molecule has 3 heteroatoms. The van der Waals surface area contributed by atoms with Crippen molar-refractivity contribution in [2.75, 3.05) is 14.2 Å². The lowest BCUT2D eigenvalue weighted by atomic mass is 9.96. The fourth-order valence-electron chi connectivity index (χ4n) is 2.49. The minimum atomic E-state index is 0.461. The maximum atomic E-state index is 5.88. The summed E-state index contributed by atoms with van der Waals surface area (Å²) in [6.07, 6.45) is 0. The van der Waals surface area contributed by atoms with Crippen molar-refractivity contribution in [2.45, 2.75) is 20.4 Å². The lowest BCUT2D eigenvalue weighted by molar-refractivity contribution is 0.354. The van der Waals surface area contributed by atoms with E-state index in [0.29, 0.717) is 12.3 Å². The fourth-order valence-corrected chi connectivity index (χ4v) is 2.49. The van der Waals surface area contributed by atoms with E-state index < -0.39 is 0 Å². The molecular formula is C17H21NO2. The Hall–Kier alpha value is -2.00. The maximum absolute atomic E-state index is 5.88. The van der Waals surface area contributed by atoms with E-state index in [0.717, 1.165) is 22.4 Å². The van der Waals surface area contributed by atoms with Crippen molar-refractivity contribution in [1.29, 1.82) is 0 Å². The summed E-state index contributed by atoms with van der Waals surface area (Å²) in [5.74, 6) is 1.43. The van der Waals surface area contributed by atoms with Crippen LogP contribution in [0.2, 0.25) is 0 Å². The molecule has 2 aromatic rings. The summed E-state index contributed by atoms with van der Waals surface area (Å²) in [7, 11) is 3.28. The SMILES string of the molecule is COc1cc(CN)c(-c2cc(C)cc(C)c2)cc1OC. The van der Waals surface area contributed by atoms with E-state index >= 15 is 0 Å². The van der Waals surface area contributed by atoms with Crippen LogP contribution in [0.25, 0.3) is 11.1 Å². The van der Waals surface area contributed by atoms with Gasteiger partial charge in [0.1, 0.15) is 0 Å². The Morgan fingerprint density at radius 1 is 0.850 bits per heavy atom. The average Bonchev–Trinajstić information content (AvgIpc) is 2.44. The number of aryl methyl sites for hydroxylation is 2. The molecule has 0 heterocycles. The molecule has 0 amide bonds. The van der Waals surface area contributed by atoms with Gasteiger partial charge in [-0.05, 0) is 42.7 Å². The molecule has 0 aliphatic rings. The van der Waals surface area contributed by atoms with Gasteiger partial charge in [-0.25, -0.2) is 0 Å². The average molecular weight is 271 g/mol. The van der Waals surface area contributed by atoms with Crippen LogP contribution in [-0.2, 0) is 6.54 Å². The Balaban J connectivity index is 2.65. The van der Waals surface area contributed by atoms with Crippen molar-refractivity contribution in [2.24, 2.45) is 5.73 Å². The largest absolute Gasteiger partial charge is 0.493 e. The Morgan fingerprint density at radius 2 is 1.40 bits per heavy atom. The highest BCUT2D eigenvalue weighted by Crippen LogP contribution is 2.36. The van der Waals surface area contributed by atoms with E-state index in [1.54, 1.807) is 14.2 Å². The second kappa shape index (κ2) is 5.97. The van der Waals surface area contributed by atoms with Crippen molar-refractivity contribution < 1.29 is 9.47 Å². The van der Waals surface area contributed by atoms with E-state index in [1.807, 2.05) is 12.1 Å². The number of hydrogen-bond acceptors (Lipinski definition) is 3. The first-order chi connectivity index (χ1) is 9.58. The molecule has 20 heavy (non-hydrogen) atoms. The van der Waals surface area contributed by atoms with Gasteiger partial charge in [-0.2, -0.15) is 0 Å². The van der Waals surface area contributed by atoms with Gasteiger partial charge in [0.15, 0.2) is 11.5 Å². The summed E-state index contributed by atoms with van der Waals surface area (Å²) in [4.78, 5) is 0. The molecule has 0 fully saturated rings. The van der Waals surface area contributed by atoms with Gasteiger partial charge in [-0.1, -0.05) is 29.3 Å². The van der Waals surface area contributed by atoms with Crippen LogP contribution in [0.4, 0.5) is 0 Å². The molecule has 2 rings (SSSR count). The third kappa shape index (κ3) is 2.78. The second-order valence-corrected chi connectivity index (χ2v) is 4.94. The first-order valence-corrected chi connectivity index (χ1v) is 6.62. The van der Waals surface area contributed by atoms with E-state index in [2.05, 4.69) is 32.0 Å². The van der Waals surface area contributed by atoms with Crippen LogP contribution in [0.15, 0.2) is 30.3 Å². The first-order valence-electron chi connectivity index (χ1n) is 6.62. The molecule has 0 atom stereocenters. The van der Waals surface area contributed by atoms with Crippen LogP contribution in [-0.4, -0.2) is 14.2 Å². The Bertz CT molecular complexity index is 600. The number of rotatable bonds is 4. The molecule has 0 aliphatic heterocycles. The monoisotopic (exact) mass is 271 g/mol. The molecule has 2 aromatic carbocycles. The quantitative estimate of drug-likeness (QED) is 0.926. The van der Waals surface area contributed by atoms with Crippen molar-refractivity contribution >= 4 is 0 Å². The van der Waals surface area contributed by atoms with Gasteiger partial charge in [0.05, 0.1) is 14.2 Å². The van der Waals surface area contributed by atoms with Crippen LogP contribution in [0.5, 0.6) is 11.5 Å². The van der Waals surface area contributed by atoms with Crippen molar-refractivity contribution in [3.63, 3.8) is 0 Å². The topological polar surface area (TPSA) is 44.5 Å². The highest BCUT2D eigenvalue weighted by Gasteiger charge is 2.12. The van der Waals surface area contributed by atoms with Crippen LogP contribution < -0.4 is 15.2 Å². The van der Waals surface area contributed by atoms with Crippen LogP contribution in [0.3, 0.4) is 0 Å². The zero-order valence-electron chi connectivity index (χ0n) is 12.5. The Labute approximate surface area is 120 Å². The van der Waals surface area contributed by atoms with Gasteiger partial charge < -0.3 is 15.2 Å². The molecule has 0 bridgehead atoms. The molecule has 0 spiro atoms. The minimum absolute atomic E-state index is 0.461. The third-order valence-corrected chi connectivity index (χ3v) is 3.36. The maximum Gasteiger partial charge on any atom is 0.161 e. The van der Waals surface area contributed by atoms with Gasteiger partial charge in [0.2, 0.25) is 0 Å². The van der Waals surface area contributed by atoms with E-state index in [1.165, 1.54) is 11.1 Å². The lowest BCUT2D eigenvalue weighted by Gasteiger charge is -2.15. The zero-order chi connectivity index (χ0) is 14.7. The summed E-state index contributed by atoms with van der Waals surface area (Å²) >= 11 is 0. The lowest BCUT2D eigenvalue weighted by Crippen LogP contribution is -2.02. The summed E-state index contributed by atoms with van der Waals surface area (Å²) in [6.45, 7) is 4.65. The van der Waals surface area contributed by atoms with Crippen LogP contribution in [0, 0.1) is 13.8 Å².